The third-order valence-electron chi connectivity index (χ3n) is 5.18. The molecule has 32 heavy (non-hydrogen) atoms. The maximum atomic E-state index is 9.14. The molecule has 4 rings (SSSR count). The van der Waals surface area contributed by atoms with Gasteiger partial charge in [-0.15, -0.1) is 0 Å². The summed E-state index contributed by atoms with van der Waals surface area (Å²) in [6.45, 7) is 4.70. The lowest BCUT2D eigenvalue weighted by Crippen LogP contribution is -2.24. The van der Waals surface area contributed by atoms with Crippen LogP contribution in [0.15, 0.2) is 60.8 Å². The molecule has 0 fully saturated rings. The van der Waals surface area contributed by atoms with E-state index in [4.69, 9.17) is 10.4 Å². The first kappa shape index (κ1) is 21.3. The topological polar surface area (TPSA) is 78.0 Å². The summed E-state index contributed by atoms with van der Waals surface area (Å²) in [5.41, 5.74) is 7.02. The van der Waals surface area contributed by atoms with Gasteiger partial charge in [0, 0.05) is 30.8 Å². The smallest absolute Gasteiger partial charge is 0.154 e. The molecule has 0 bridgehead atoms. The Kier molecular flexibility index (Phi) is 6.57. The van der Waals surface area contributed by atoms with Crippen molar-refractivity contribution in [3.8, 4) is 29.2 Å². The van der Waals surface area contributed by atoms with Gasteiger partial charge in [0.15, 0.2) is 5.65 Å². The van der Waals surface area contributed by atoms with Crippen LogP contribution >= 0.6 is 0 Å². The van der Waals surface area contributed by atoms with E-state index in [0.717, 1.165) is 47.7 Å². The van der Waals surface area contributed by atoms with Crippen molar-refractivity contribution in [1.29, 1.82) is 5.26 Å². The number of nitrogens with one attached hydrogen (secondary N) is 2. The third-order valence-corrected chi connectivity index (χ3v) is 5.18. The highest BCUT2D eigenvalue weighted by Crippen LogP contribution is 2.19. The molecule has 4 aromatic rings. The predicted octanol–water partition coefficient (Wildman–Crippen LogP) is 3.29. The standard InChI is InChI=1S/C26H24N6/c1-19-3-4-21(16-27)15-23(19)9-10-24-18-30-26-12-11-25(31-32(24)26)22-7-5-20(6-8-22)17-29-14-13-28-2/h3-8,11-12,15,18,28-29H,13-14,17H2,1-2H3. The van der Waals surface area contributed by atoms with E-state index in [0.29, 0.717) is 11.3 Å². The molecule has 0 saturated carbocycles. The van der Waals surface area contributed by atoms with E-state index < -0.39 is 0 Å². The molecule has 0 aliphatic rings. The predicted molar refractivity (Wildman–Crippen MR) is 126 cm³/mol. The van der Waals surface area contributed by atoms with Crippen molar-refractivity contribution >= 4 is 5.65 Å². The van der Waals surface area contributed by atoms with Gasteiger partial charge in [0.1, 0.15) is 5.69 Å². The van der Waals surface area contributed by atoms with Crippen LogP contribution in [-0.2, 0) is 6.54 Å². The second kappa shape index (κ2) is 9.89. The van der Waals surface area contributed by atoms with Gasteiger partial charge >= 0.3 is 0 Å². The van der Waals surface area contributed by atoms with Crippen LogP contribution in [0, 0.1) is 30.1 Å². The Hall–Kier alpha value is -3.97. The SMILES string of the molecule is CNCCNCc1ccc(-c2ccc3ncc(C#Cc4cc(C#N)ccc4C)n3n2)cc1. The summed E-state index contributed by atoms with van der Waals surface area (Å²) >= 11 is 0. The average Bonchev–Trinajstić information content (AvgIpc) is 3.24. The number of hydrogen-bond donors (Lipinski definition) is 2. The van der Waals surface area contributed by atoms with Crippen molar-refractivity contribution in [2.45, 2.75) is 13.5 Å². The highest BCUT2D eigenvalue weighted by atomic mass is 15.3. The van der Waals surface area contributed by atoms with E-state index >= 15 is 0 Å². The Labute approximate surface area is 187 Å². The van der Waals surface area contributed by atoms with E-state index in [1.54, 1.807) is 22.8 Å². The molecule has 0 aliphatic carbocycles. The summed E-state index contributed by atoms with van der Waals surface area (Å²) in [6.07, 6.45) is 1.72. The second-order valence-electron chi connectivity index (χ2n) is 7.50. The molecular weight excluding hydrogens is 396 g/mol. The number of likely N-dealkylation sites (N-methyl/N-ethyl adjacent to an activating group) is 1. The maximum Gasteiger partial charge on any atom is 0.154 e. The fourth-order valence-electron chi connectivity index (χ4n) is 3.31. The Morgan fingerprint density at radius 2 is 1.84 bits per heavy atom. The van der Waals surface area contributed by atoms with Gasteiger partial charge in [0.25, 0.3) is 0 Å². The first-order valence-corrected chi connectivity index (χ1v) is 10.5. The molecule has 2 aromatic heterocycles. The number of rotatable bonds is 6. The monoisotopic (exact) mass is 420 g/mol. The Morgan fingerprint density at radius 1 is 1.00 bits per heavy atom. The molecule has 0 radical (unpaired) electrons. The normalized spacial score (nSPS) is 10.5. The van der Waals surface area contributed by atoms with Crippen molar-refractivity contribution < 1.29 is 0 Å². The van der Waals surface area contributed by atoms with Crippen LogP contribution in [0.1, 0.15) is 27.9 Å². The molecule has 158 valence electrons. The molecule has 0 aliphatic heterocycles. The fraction of sp³-hybridized carbons (Fsp3) is 0.192. The molecular formula is C26H24N6. The second-order valence-corrected chi connectivity index (χ2v) is 7.50. The molecule has 0 saturated heterocycles. The number of nitrogens with zero attached hydrogens (tertiary/aromatic N) is 4. The summed E-state index contributed by atoms with van der Waals surface area (Å²) in [4.78, 5) is 4.42. The fourth-order valence-corrected chi connectivity index (χ4v) is 3.31. The summed E-state index contributed by atoms with van der Waals surface area (Å²) < 4.78 is 1.76. The summed E-state index contributed by atoms with van der Waals surface area (Å²) in [6, 6.07) is 20.0. The summed E-state index contributed by atoms with van der Waals surface area (Å²) in [5.74, 6) is 6.33. The van der Waals surface area contributed by atoms with Crippen LogP contribution < -0.4 is 10.6 Å². The molecule has 6 heteroatoms. The largest absolute Gasteiger partial charge is 0.318 e. The van der Waals surface area contributed by atoms with Gasteiger partial charge in [-0.2, -0.15) is 10.4 Å². The minimum absolute atomic E-state index is 0.596. The van der Waals surface area contributed by atoms with E-state index in [1.807, 2.05) is 32.2 Å². The number of aryl methyl sites for hydroxylation is 1. The Balaban J connectivity index is 1.58. The van der Waals surface area contributed by atoms with Gasteiger partial charge in [-0.25, -0.2) is 9.50 Å². The van der Waals surface area contributed by atoms with Crippen molar-refractivity contribution in [1.82, 2.24) is 25.2 Å². The molecule has 2 aromatic carbocycles. The van der Waals surface area contributed by atoms with Gasteiger partial charge in [0.05, 0.1) is 23.5 Å². The minimum Gasteiger partial charge on any atom is -0.318 e. The van der Waals surface area contributed by atoms with Crippen molar-refractivity contribution in [3.05, 3.63) is 88.7 Å². The number of imidazole rings is 1. The third kappa shape index (κ3) is 4.84. The lowest BCUT2D eigenvalue weighted by molar-refractivity contribution is 0.651. The van der Waals surface area contributed by atoms with E-state index in [9.17, 15) is 0 Å². The highest BCUT2D eigenvalue weighted by Gasteiger charge is 2.06. The lowest BCUT2D eigenvalue weighted by atomic mass is 10.1. The quantitative estimate of drug-likeness (QED) is 0.370. The zero-order valence-electron chi connectivity index (χ0n) is 18.2. The van der Waals surface area contributed by atoms with Crippen LogP contribution in [0.3, 0.4) is 0 Å². The van der Waals surface area contributed by atoms with E-state index in [-0.39, 0.29) is 0 Å². The number of hydrogen-bond acceptors (Lipinski definition) is 5. The molecule has 2 heterocycles. The maximum absolute atomic E-state index is 9.14. The van der Waals surface area contributed by atoms with E-state index in [1.165, 1.54) is 5.56 Å². The summed E-state index contributed by atoms with van der Waals surface area (Å²) in [5, 5.41) is 20.4. The van der Waals surface area contributed by atoms with Crippen LogP contribution in [0.2, 0.25) is 0 Å². The first-order chi connectivity index (χ1) is 15.7. The van der Waals surface area contributed by atoms with Crippen LogP contribution in [0.4, 0.5) is 0 Å². The van der Waals surface area contributed by atoms with Gasteiger partial charge in [0.2, 0.25) is 0 Å². The van der Waals surface area contributed by atoms with Crippen molar-refractivity contribution in [2.24, 2.45) is 0 Å². The van der Waals surface area contributed by atoms with Gasteiger partial charge < -0.3 is 10.6 Å². The zero-order valence-corrected chi connectivity index (χ0v) is 18.2. The van der Waals surface area contributed by atoms with E-state index in [2.05, 4.69) is 57.8 Å². The summed E-state index contributed by atoms with van der Waals surface area (Å²) in [7, 11) is 1.95. The molecule has 0 amide bonds. The van der Waals surface area contributed by atoms with Gasteiger partial charge in [-0.05, 0) is 55.3 Å². The van der Waals surface area contributed by atoms with Crippen LogP contribution in [-0.4, -0.2) is 34.7 Å². The molecule has 0 atom stereocenters. The first-order valence-electron chi connectivity index (χ1n) is 10.5. The zero-order chi connectivity index (χ0) is 22.3. The highest BCUT2D eigenvalue weighted by molar-refractivity contribution is 5.61. The number of fused-ring (bicyclic) bond motifs is 1. The number of aromatic nitrogens is 3. The molecule has 0 unspecified atom stereocenters. The van der Waals surface area contributed by atoms with Crippen LogP contribution in [0.25, 0.3) is 16.9 Å². The number of nitriles is 1. The molecule has 6 nitrogen and oxygen atoms in total. The Bertz CT molecular complexity index is 1330. The van der Waals surface area contributed by atoms with Crippen molar-refractivity contribution in [3.63, 3.8) is 0 Å². The Morgan fingerprint density at radius 3 is 2.62 bits per heavy atom. The van der Waals surface area contributed by atoms with Gasteiger partial charge in [-0.3, -0.25) is 0 Å². The molecule has 2 N–H and O–H groups in total. The number of benzene rings is 2. The van der Waals surface area contributed by atoms with Crippen LogP contribution in [0.5, 0.6) is 0 Å². The van der Waals surface area contributed by atoms with Crippen molar-refractivity contribution in [2.75, 3.05) is 20.1 Å². The van der Waals surface area contributed by atoms with Gasteiger partial charge in [-0.1, -0.05) is 36.3 Å². The average molecular weight is 421 g/mol. The minimum atomic E-state index is 0.596. The lowest BCUT2D eigenvalue weighted by Gasteiger charge is -2.06. The molecule has 0 spiro atoms.